The summed E-state index contributed by atoms with van der Waals surface area (Å²) in [5, 5.41) is 3.48. The van der Waals surface area contributed by atoms with Gasteiger partial charge in [-0.15, -0.1) is 0 Å². The maximum Gasteiger partial charge on any atom is 0.0963 e. The number of aliphatic imine (C=N–C) groups is 1. The number of amidine groups is 1. The summed E-state index contributed by atoms with van der Waals surface area (Å²) >= 11 is 0. The summed E-state index contributed by atoms with van der Waals surface area (Å²) in [6.45, 7) is 8.33. The van der Waals surface area contributed by atoms with Gasteiger partial charge in [0.2, 0.25) is 0 Å². The van der Waals surface area contributed by atoms with Crippen LogP contribution in [0.25, 0.3) is 0 Å². The van der Waals surface area contributed by atoms with E-state index in [2.05, 4.69) is 22.1 Å². The van der Waals surface area contributed by atoms with Crippen molar-refractivity contribution in [2.45, 2.75) is 32.6 Å². The quantitative estimate of drug-likeness (QED) is 0.760. The smallest absolute Gasteiger partial charge is 0.0963 e. The number of nitrogens with zero attached hydrogens (tertiary/aromatic N) is 2. The highest BCUT2D eigenvalue weighted by atomic mass is 15.1. The fraction of sp³-hybridized carbons (Fsp3) is 0.917. The fourth-order valence-corrected chi connectivity index (χ4v) is 2.45. The molecule has 2 aliphatic heterocycles. The lowest BCUT2D eigenvalue weighted by Crippen LogP contribution is -2.33. The molecule has 1 saturated heterocycles. The van der Waals surface area contributed by atoms with E-state index in [0.717, 1.165) is 25.4 Å². The van der Waals surface area contributed by atoms with Gasteiger partial charge in [-0.3, -0.25) is 4.99 Å². The first kappa shape index (κ1) is 10.9. The van der Waals surface area contributed by atoms with Crippen LogP contribution in [0.2, 0.25) is 0 Å². The zero-order chi connectivity index (χ0) is 10.5. The molecular formula is C12H23N3. The molecular weight excluding hydrogens is 186 g/mol. The molecule has 0 aromatic carbocycles. The molecule has 2 rings (SSSR count). The minimum atomic E-state index is 0.742. The number of nitrogens with one attached hydrogen (secondary N) is 1. The predicted octanol–water partition coefficient (Wildman–Crippen LogP) is 1.50. The van der Waals surface area contributed by atoms with Crippen molar-refractivity contribution in [3.63, 3.8) is 0 Å². The molecule has 0 aliphatic carbocycles. The van der Waals surface area contributed by atoms with Crippen molar-refractivity contribution in [1.29, 1.82) is 0 Å². The first-order valence-electron chi connectivity index (χ1n) is 6.34. The average molecular weight is 209 g/mol. The average Bonchev–Trinajstić information content (AvgIpc) is 2.86. The van der Waals surface area contributed by atoms with Crippen molar-refractivity contribution in [2.75, 3.05) is 32.7 Å². The van der Waals surface area contributed by atoms with Crippen molar-refractivity contribution in [3.05, 3.63) is 0 Å². The highest BCUT2D eigenvalue weighted by Crippen LogP contribution is 2.10. The molecule has 1 N–H and O–H groups in total. The molecule has 1 fully saturated rings. The first-order valence-corrected chi connectivity index (χ1v) is 6.34. The Balaban J connectivity index is 1.61. The van der Waals surface area contributed by atoms with Crippen LogP contribution in [0.4, 0.5) is 0 Å². The van der Waals surface area contributed by atoms with E-state index in [-0.39, 0.29) is 0 Å². The Morgan fingerprint density at radius 3 is 2.80 bits per heavy atom. The number of hydrogen-bond acceptors (Lipinski definition) is 3. The van der Waals surface area contributed by atoms with Gasteiger partial charge in [0.05, 0.1) is 5.84 Å². The highest BCUT2D eigenvalue weighted by molar-refractivity contribution is 5.83. The van der Waals surface area contributed by atoms with Crippen LogP contribution in [0.15, 0.2) is 4.99 Å². The third-order valence-corrected chi connectivity index (χ3v) is 3.30. The van der Waals surface area contributed by atoms with Crippen molar-refractivity contribution >= 4 is 5.84 Å². The van der Waals surface area contributed by atoms with Gasteiger partial charge in [0.15, 0.2) is 0 Å². The predicted molar refractivity (Wildman–Crippen MR) is 64.4 cm³/mol. The summed E-state index contributed by atoms with van der Waals surface area (Å²) in [6, 6.07) is 0. The maximum absolute atomic E-state index is 4.43. The van der Waals surface area contributed by atoms with Crippen molar-refractivity contribution in [3.8, 4) is 0 Å². The topological polar surface area (TPSA) is 27.6 Å². The molecule has 0 radical (unpaired) electrons. The van der Waals surface area contributed by atoms with Crippen molar-refractivity contribution in [1.82, 2.24) is 10.2 Å². The van der Waals surface area contributed by atoms with E-state index in [4.69, 9.17) is 0 Å². The van der Waals surface area contributed by atoms with Crippen LogP contribution in [0.3, 0.4) is 0 Å². The highest BCUT2D eigenvalue weighted by Gasteiger charge is 2.15. The maximum atomic E-state index is 4.43. The van der Waals surface area contributed by atoms with Crippen LogP contribution in [-0.4, -0.2) is 43.5 Å². The fourth-order valence-electron chi connectivity index (χ4n) is 2.45. The van der Waals surface area contributed by atoms with E-state index >= 15 is 0 Å². The van der Waals surface area contributed by atoms with Gasteiger partial charge in [-0.25, -0.2) is 0 Å². The molecule has 0 saturated carbocycles. The normalized spacial score (nSPS) is 24.2. The van der Waals surface area contributed by atoms with E-state index in [0.29, 0.717) is 0 Å². The molecule has 3 heteroatoms. The van der Waals surface area contributed by atoms with Gasteiger partial charge in [-0.05, 0) is 38.3 Å². The van der Waals surface area contributed by atoms with Gasteiger partial charge in [-0.1, -0.05) is 6.92 Å². The second kappa shape index (κ2) is 5.50. The zero-order valence-corrected chi connectivity index (χ0v) is 9.84. The molecule has 0 amide bonds. The molecule has 86 valence electrons. The molecule has 0 spiro atoms. The molecule has 15 heavy (non-hydrogen) atoms. The van der Waals surface area contributed by atoms with Crippen LogP contribution in [-0.2, 0) is 0 Å². The lowest BCUT2D eigenvalue weighted by Gasteiger charge is -2.20. The summed E-state index contributed by atoms with van der Waals surface area (Å²) in [4.78, 5) is 7.02. The standard InChI is InChI=1S/C12H23N3/c1-11(10-15-7-2-3-8-15)9-14-12-5-4-6-13-12/h11H,2-10H2,1H3,(H,13,14). The Kier molecular flexibility index (Phi) is 4.01. The Hall–Kier alpha value is -0.570. The van der Waals surface area contributed by atoms with Gasteiger partial charge < -0.3 is 10.2 Å². The van der Waals surface area contributed by atoms with Gasteiger partial charge in [0.25, 0.3) is 0 Å². The second-order valence-corrected chi connectivity index (χ2v) is 4.93. The van der Waals surface area contributed by atoms with Crippen LogP contribution < -0.4 is 5.32 Å². The van der Waals surface area contributed by atoms with Gasteiger partial charge >= 0.3 is 0 Å². The van der Waals surface area contributed by atoms with Gasteiger partial charge in [-0.2, -0.15) is 0 Å². The largest absolute Gasteiger partial charge is 0.374 e. The van der Waals surface area contributed by atoms with E-state index < -0.39 is 0 Å². The van der Waals surface area contributed by atoms with E-state index in [9.17, 15) is 0 Å². The Labute approximate surface area is 92.9 Å². The van der Waals surface area contributed by atoms with Crippen LogP contribution in [0.5, 0.6) is 0 Å². The summed E-state index contributed by atoms with van der Waals surface area (Å²) in [7, 11) is 0. The lowest BCUT2D eigenvalue weighted by molar-refractivity contribution is 0.288. The summed E-state index contributed by atoms with van der Waals surface area (Å²) in [5.41, 5.74) is 0. The number of hydrogen-bond donors (Lipinski definition) is 1. The molecule has 0 aromatic rings. The number of likely N-dealkylation sites (tertiary alicyclic amines) is 1. The third kappa shape index (κ3) is 3.49. The summed E-state index contributed by atoms with van der Waals surface area (Å²) < 4.78 is 0. The molecule has 3 nitrogen and oxygen atoms in total. The van der Waals surface area contributed by atoms with Crippen LogP contribution >= 0.6 is 0 Å². The van der Waals surface area contributed by atoms with E-state index in [1.807, 2.05) is 0 Å². The van der Waals surface area contributed by atoms with Crippen molar-refractivity contribution in [2.24, 2.45) is 10.9 Å². The summed E-state index contributed by atoms with van der Waals surface area (Å²) in [5.74, 6) is 1.98. The Bertz CT molecular complexity index is 219. The Morgan fingerprint density at radius 1 is 1.33 bits per heavy atom. The molecule has 0 aromatic heterocycles. The molecule has 1 atom stereocenters. The summed E-state index contributed by atoms with van der Waals surface area (Å²) in [6.07, 6.45) is 5.19. The van der Waals surface area contributed by atoms with Crippen molar-refractivity contribution < 1.29 is 0 Å². The minimum absolute atomic E-state index is 0.742. The Morgan fingerprint density at radius 2 is 2.13 bits per heavy atom. The first-order chi connectivity index (χ1) is 7.34. The zero-order valence-electron chi connectivity index (χ0n) is 9.84. The van der Waals surface area contributed by atoms with E-state index in [1.165, 1.54) is 44.7 Å². The number of rotatable bonds is 4. The monoisotopic (exact) mass is 209 g/mol. The minimum Gasteiger partial charge on any atom is -0.374 e. The molecule has 2 heterocycles. The second-order valence-electron chi connectivity index (χ2n) is 4.93. The van der Waals surface area contributed by atoms with Crippen LogP contribution in [0.1, 0.15) is 32.6 Å². The SMILES string of the molecule is CC(CNC1=NCCC1)CN1CCCC1. The third-order valence-electron chi connectivity index (χ3n) is 3.30. The van der Waals surface area contributed by atoms with E-state index in [1.54, 1.807) is 0 Å². The molecule has 0 bridgehead atoms. The van der Waals surface area contributed by atoms with Crippen LogP contribution in [0, 0.1) is 5.92 Å². The van der Waals surface area contributed by atoms with Gasteiger partial charge in [0.1, 0.15) is 0 Å². The van der Waals surface area contributed by atoms with Gasteiger partial charge in [0, 0.05) is 26.1 Å². The molecule has 1 unspecified atom stereocenters. The lowest BCUT2D eigenvalue weighted by atomic mass is 10.1. The molecule has 2 aliphatic rings.